The number of piperidine rings is 1. The molecule has 2 aromatic rings. The van der Waals surface area contributed by atoms with Crippen LogP contribution in [0.1, 0.15) is 28.9 Å². The van der Waals surface area contributed by atoms with Crippen molar-refractivity contribution in [3.8, 4) is 0 Å². The number of nitrogens with one attached hydrogen (secondary N) is 1. The van der Waals surface area contributed by atoms with Crippen LogP contribution in [0.4, 0.5) is 11.4 Å². The number of hydrogen-bond acceptors (Lipinski definition) is 5. The summed E-state index contributed by atoms with van der Waals surface area (Å²) in [5.74, 6) is -0.556. The van der Waals surface area contributed by atoms with Crippen molar-refractivity contribution in [2.75, 3.05) is 31.6 Å². The third-order valence-corrected chi connectivity index (χ3v) is 5.31. The van der Waals surface area contributed by atoms with E-state index in [4.69, 9.17) is 21.1 Å². The first-order valence-electron chi connectivity index (χ1n) is 9.11. The Balaban J connectivity index is 1.45. The van der Waals surface area contributed by atoms with E-state index in [1.807, 2.05) is 36.1 Å². The summed E-state index contributed by atoms with van der Waals surface area (Å²) in [6, 6.07) is 9.28. The van der Waals surface area contributed by atoms with Crippen molar-refractivity contribution >= 4 is 28.9 Å². The van der Waals surface area contributed by atoms with Crippen molar-refractivity contribution in [3.63, 3.8) is 0 Å². The van der Waals surface area contributed by atoms with Crippen LogP contribution in [0.5, 0.6) is 0 Å². The lowest BCUT2D eigenvalue weighted by Gasteiger charge is -2.37. The third-order valence-electron chi connectivity index (χ3n) is 5.07. The number of carbonyl (C=O) groups excluding carboxylic acids is 1. The molecule has 27 heavy (non-hydrogen) atoms. The largest absolute Gasteiger partial charge is 0.355 e. The average Bonchev–Trinajstić information content (AvgIpc) is 3.12. The topological polar surface area (TPSA) is 63.7 Å². The molecule has 1 aromatic carbocycles. The molecule has 0 radical (unpaired) electrons. The molecule has 0 saturated carbocycles. The van der Waals surface area contributed by atoms with Gasteiger partial charge in [-0.1, -0.05) is 11.6 Å². The fourth-order valence-electron chi connectivity index (χ4n) is 3.55. The smallest absolute Gasteiger partial charge is 0.272 e. The Morgan fingerprint density at radius 2 is 1.93 bits per heavy atom. The normalized spacial score (nSPS) is 18.7. The first-order chi connectivity index (χ1) is 13.0. The fraction of sp³-hybridized carbons (Fsp3) is 0.400. The van der Waals surface area contributed by atoms with Gasteiger partial charge in [0.2, 0.25) is 0 Å². The van der Waals surface area contributed by atoms with Crippen LogP contribution in [0, 0.1) is 6.92 Å². The number of nitrogens with zero attached hydrogens (tertiary/aromatic N) is 2. The molecule has 1 N–H and O–H groups in total. The minimum absolute atomic E-state index is 0.0701. The highest BCUT2D eigenvalue weighted by Crippen LogP contribution is 2.32. The van der Waals surface area contributed by atoms with E-state index in [-0.39, 0.29) is 5.91 Å². The summed E-state index contributed by atoms with van der Waals surface area (Å²) in [6.07, 6.45) is 3.04. The monoisotopic (exact) mass is 387 g/mol. The lowest BCUT2D eigenvalue weighted by atomic mass is 10.0. The minimum atomic E-state index is -0.486. The van der Waals surface area contributed by atoms with Crippen molar-refractivity contribution in [2.24, 2.45) is 0 Å². The predicted molar refractivity (Wildman–Crippen MR) is 103 cm³/mol. The molecule has 7 heteroatoms. The van der Waals surface area contributed by atoms with Gasteiger partial charge < -0.3 is 19.7 Å². The molecule has 3 heterocycles. The van der Waals surface area contributed by atoms with E-state index in [2.05, 4.69) is 10.3 Å². The molecule has 2 saturated heterocycles. The highest BCUT2D eigenvalue weighted by molar-refractivity contribution is 6.30. The summed E-state index contributed by atoms with van der Waals surface area (Å²) < 4.78 is 11.5. The number of rotatable bonds is 3. The number of ether oxygens (including phenoxy) is 2. The summed E-state index contributed by atoms with van der Waals surface area (Å²) in [5.41, 5.74) is 3.22. The maximum Gasteiger partial charge on any atom is 0.272 e. The van der Waals surface area contributed by atoms with Gasteiger partial charge >= 0.3 is 0 Å². The van der Waals surface area contributed by atoms with E-state index < -0.39 is 5.79 Å². The summed E-state index contributed by atoms with van der Waals surface area (Å²) in [5, 5.41) is 4.02. The first-order valence-corrected chi connectivity index (χ1v) is 9.49. The molecule has 0 bridgehead atoms. The lowest BCUT2D eigenvalue weighted by molar-refractivity contribution is -0.181. The summed E-state index contributed by atoms with van der Waals surface area (Å²) in [4.78, 5) is 18.9. The number of aryl methyl sites for hydroxylation is 1. The second-order valence-electron chi connectivity index (χ2n) is 6.91. The Labute approximate surface area is 163 Å². The molecule has 1 aromatic heterocycles. The molecular weight excluding hydrogens is 366 g/mol. The number of pyridine rings is 1. The van der Waals surface area contributed by atoms with E-state index >= 15 is 0 Å². The first kappa shape index (κ1) is 18.2. The van der Waals surface area contributed by atoms with E-state index in [0.717, 1.165) is 16.9 Å². The molecule has 6 nitrogen and oxygen atoms in total. The van der Waals surface area contributed by atoms with Gasteiger partial charge in [0.25, 0.3) is 5.91 Å². The maximum absolute atomic E-state index is 12.9. The Kier molecular flexibility index (Phi) is 5.04. The van der Waals surface area contributed by atoms with Crippen molar-refractivity contribution in [2.45, 2.75) is 25.6 Å². The van der Waals surface area contributed by atoms with Crippen molar-refractivity contribution < 1.29 is 14.3 Å². The molecule has 0 unspecified atom stereocenters. The Morgan fingerprint density at radius 3 is 2.63 bits per heavy atom. The molecule has 1 spiro atoms. The number of likely N-dealkylation sites (tertiary alicyclic amines) is 1. The van der Waals surface area contributed by atoms with Gasteiger partial charge in [-0.2, -0.15) is 0 Å². The Bertz CT molecular complexity index is 842. The number of amides is 1. The van der Waals surface area contributed by atoms with E-state index in [1.165, 1.54) is 0 Å². The summed E-state index contributed by atoms with van der Waals surface area (Å²) in [7, 11) is 0. The van der Waals surface area contributed by atoms with E-state index in [1.54, 1.807) is 12.3 Å². The van der Waals surface area contributed by atoms with Crippen LogP contribution in [0.2, 0.25) is 5.02 Å². The summed E-state index contributed by atoms with van der Waals surface area (Å²) >= 11 is 6.01. The van der Waals surface area contributed by atoms with Crippen LogP contribution in [0.3, 0.4) is 0 Å². The Hall–Kier alpha value is -2.15. The van der Waals surface area contributed by atoms with Gasteiger partial charge in [-0.3, -0.25) is 9.78 Å². The molecule has 4 rings (SSSR count). The molecule has 2 aliphatic rings. The number of carbonyl (C=O) groups is 1. The van der Waals surface area contributed by atoms with Crippen LogP contribution in [0.15, 0.2) is 36.5 Å². The lowest BCUT2D eigenvalue weighted by Crippen LogP contribution is -2.47. The number of halogens is 1. The molecule has 0 aliphatic carbocycles. The SMILES string of the molecule is Cc1cc(Cl)ccc1Nc1ccnc(C(=O)N2CCC3(CC2)OCCO3)c1. The second-order valence-corrected chi connectivity index (χ2v) is 7.35. The van der Waals surface area contributed by atoms with Crippen LogP contribution >= 0.6 is 11.6 Å². The molecule has 142 valence electrons. The second kappa shape index (κ2) is 7.46. The van der Waals surface area contributed by atoms with Gasteiger partial charge in [0.05, 0.1) is 13.2 Å². The third kappa shape index (κ3) is 3.93. The number of aromatic nitrogens is 1. The zero-order chi connectivity index (χ0) is 18.9. The highest BCUT2D eigenvalue weighted by Gasteiger charge is 2.41. The molecule has 2 aliphatic heterocycles. The van der Waals surface area contributed by atoms with Gasteiger partial charge in [0.1, 0.15) is 5.69 Å². The predicted octanol–water partition coefficient (Wildman–Crippen LogP) is 3.77. The molecule has 0 atom stereocenters. The fourth-order valence-corrected chi connectivity index (χ4v) is 3.77. The maximum atomic E-state index is 12.9. The van der Waals surface area contributed by atoms with Gasteiger partial charge in [0.15, 0.2) is 5.79 Å². The standard InChI is InChI=1S/C20H22ClN3O3/c1-14-12-15(21)2-3-17(14)23-16-4-7-22-18(13-16)19(25)24-8-5-20(6-9-24)26-10-11-27-20/h2-4,7,12-13H,5-6,8-11H2,1H3,(H,22,23). The number of benzene rings is 1. The number of hydrogen-bond donors (Lipinski definition) is 1. The van der Waals surface area contributed by atoms with Gasteiger partial charge in [-0.25, -0.2) is 0 Å². The van der Waals surface area contributed by atoms with E-state index in [0.29, 0.717) is 49.9 Å². The van der Waals surface area contributed by atoms with Crippen molar-refractivity contribution in [3.05, 3.63) is 52.8 Å². The quantitative estimate of drug-likeness (QED) is 0.868. The molecule has 1 amide bonds. The van der Waals surface area contributed by atoms with Crippen LogP contribution < -0.4 is 5.32 Å². The Morgan fingerprint density at radius 1 is 1.19 bits per heavy atom. The van der Waals surface area contributed by atoms with Crippen molar-refractivity contribution in [1.29, 1.82) is 0 Å². The minimum Gasteiger partial charge on any atom is -0.355 e. The molecular formula is C20H22ClN3O3. The van der Waals surface area contributed by atoms with Gasteiger partial charge in [-0.05, 0) is 42.8 Å². The number of anilines is 2. The van der Waals surface area contributed by atoms with E-state index in [9.17, 15) is 4.79 Å². The van der Waals surface area contributed by atoms with Crippen molar-refractivity contribution in [1.82, 2.24) is 9.88 Å². The highest BCUT2D eigenvalue weighted by atomic mass is 35.5. The summed E-state index contributed by atoms with van der Waals surface area (Å²) in [6.45, 7) is 4.46. The zero-order valence-electron chi connectivity index (χ0n) is 15.2. The average molecular weight is 388 g/mol. The molecule has 2 fully saturated rings. The van der Waals surface area contributed by atoms with Gasteiger partial charge in [0, 0.05) is 48.5 Å². The zero-order valence-corrected chi connectivity index (χ0v) is 16.0. The van der Waals surface area contributed by atoms with Crippen LogP contribution in [0.25, 0.3) is 0 Å². The van der Waals surface area contributed by atoms with Crippen LogP contribution in [-0.2, 0) is 9.47 Å². The van der Waals surface area contributed by atoms with Gasteiger partial charge in [-0.15, -0.1) is 0 Å². The van der Waals surface area contributed by atoms with Crippen LogP contribution in [-0.4, -0.2) is 47.9 Å².